The van der Waals surface area contributed by atoms with Gasteiger partial charge in [-0.05, 0) is 31.6 Å². The quantitative estimate of drug-likeness (QED) is 0.510. The molecule has 0 saturated heterocycles. The maximum absolute atomic E-state index is 11.1. The molecule has 1 aliphatic carbocycles. The van der Waals surface area contributed by atoms with Gasteiger partial charge in [0.2, 0.25) is 0 Å². The van der Waals surface area contributed by atoms with E-state index in [0.717, 1.165) is 32.1 Å². The first-order valence-electron chi connectivity index (χ1n) is 9.06. The summed E-state index contributed by atoms with van der Waals surface area (Å²) in [5.41, 5.74) is 0. The van der Waals surface area contributed by atoms with Gasteiger partial charge in [-0.15, -0.1) is 0 Å². The monoisotopic (exact) mass is 298 g/mol. The maximum atomic E-state index is 11.1. The number of aliphatic hydroxyl groups is 1. The number of aliphatic hydroxyl groups excluding tert-OH is 1. The Balaban J connectivity index is 2.01. The summed E-state index contributed by atoms with van der Waals surface area (Å²) < 4.78 is 0. The van der Waals surface area contributed by atoms with E-state index in [0.29, 0.717) is 6.42 Å². The van der Waals surface area contributed by atoms with E-state index in [4.69, 9.17) is 5.11 Å². The molecule has 1 fully saturated rings. The number of hydrogen-bond acceptors (Lipinski definition) is 2. The van der Waals surface area contributed by atoms with Crippen LogP contribution in [0, 0.1) is 11.8 Å². The normalized spacial score (nSPS) is 23.3. The molecule has 21 heavy (non-hydrogen) atoms. The van der Waals surface area contributed by atoms with Crippen LogP contribution in [0.5, 0.6) is 0 Å². The zero-order valence-corrected chi connectivity index (χ0v) is 13.7. The van der Waals surface area contributed by atoms with Gasteiger partial charge in [-0.1, -0.05) is 64.7 Å². The first-order valence-corrected chi connectivity index (χ1v) is 9.06. The molecular formula is C18H34O3. The lowest BCUT2D eigenvalue weighted by Gasteiger charge is -2.19. The fraction of sp³-hybridized carbons (Fsp3) is 0.944. The molecule has 0 spiro atoms. The Labute approximate surface area is 130 Å². The minimum atomic E-state index is -0.670. The van der Waals surface area contributed by atoms with Gasteiger partial charge < -0.3 is 10.2 Å². The van der Waals surface area contributed by atoms with Crippen LogP contribution in [-0.4, -0.2) is 22.3 Å². The molecule has 3 heteroatoms. The van der Waals surface area contributed by atoms with Gasteiger partial charge in [0.25, 0.3) is 0 Å². The van der Waals surface area contributed by atoms with Crippen LogP contribution in [0.2, 0.25) is 0 Å². The average molecular weight is 298 g/mol. The molecular weight excluding hydrogens is 264 g/mol. The summed E-state index contributed by atoms with van der Waals surface area (Å²) in [6.45, 7) is 2.24. The summed E-state index contributed by atoms with van der Waals surface area (Å²) in [7, 11) is 0. The Hall–Kier alpha value is -0.570. The molecule has 0 aromatic carbocycles. The molecule has 1 rings (SSSR count). The van der Waals surface area contributed by atoms with Crippen LogP contribution in [0.25, 0.3) is 0 Å². The van der Waals surface area contributed by atoms with E-state index in [2.05, 4.69) is 6.92 Å². The summed E-state index contributed by atoms with van der Waals surface area (Å²) in [5, 5.41) is 19.2. The predicted octanol–water partition coefficient (Wildman–Crippen LogP) is 4.77. The number of carboxylic acids is 1. The molecule has 0 aromatic heterocycles. The molecule has 0 radical (unpaired) electrons. The van der Waals surface area contributed by atoms with Crippen molar-refractivity contribution >= 4 is 5.97 Å². The van der Waals surface area contributed by atoms with Gasteiger partial charge in [0.15, 0.2) is 0 Å². The highest BCUT2D eigenvalue weighted by Gasteiger charge is 2.33. The van der Waals surface area contributed by atoms with Gasteiger partial charge in [0.05, 0.1) is 12.0 Å². The van der Waals surface area contributed by atoms with Crippen molar-refractivity contribution in [3.05, 3.63) is 0 Å². The van der Waals surface area contributed by atoms with Crippen LogP contribution in [0.3, 0.4) is 0 Å². The van der Waals surface area contributed by atoms with Crippen molar-refractivity contribution in [1.29, 1.82) is 0 Å². The molecule has 1 aliphatic rings. The Bertz CT molecular complexity index is 278. The van der Waals surface area contributed by atoms with Crippen molar-refractivity contribution in [1.82, 2.24) is 0 Å². The zero-order valence-electron chi connectivity index (χ0n) is 13.7. The highest BCUT2D eigenvalue weighted by Crippen LogP contribution is 2.35. The Morgan fingerprint density at radius 1 is 1.05 bits per heavy atom. The Morgan fingerprint density at radius 3 is 2.29 bits per heavy atom. The first-order chi connectivity index (χ1) is 10.1. The van der Waals surface area contributed by atoms with Gasteiger partial charge in [-0.2, -0.15) is 0 Å². The predicted molar refractivity (Wildman–Crippen MR) is 86.3 cm³/mol. The van der Waals surface area contributed by atoms with Crippen molar-refractivity contribution in [2.24, 2.45) is 11.8 Å². The Morgan fingerprint density at radius 2 is 1.67 bits per heavy atom. The summed E-state index contributed by atoms with van der Waals surface area (Å²) in [4.78, 5) is 11.1. The molecule has 0 amide bonds. The first kappa shape index (κ1) is 18.5. The van der Waals surface area contributed by atoms with Crippen LogP contribution < -0.4 is 0 Å². The lowest BCUT2D eigenvalue weighted by molar-refractivity contribution is -0.143. The van der Waals surface area contributed by atoms with E-state index in [9.17, 15) is 9.90 Å². The van der Waals surface area contributed by atoms with E-state index in [1.807, 2.05) is 0 Å². The second-order valence-corrected chi connectivity index (χ2v) is 6.79. The molecule has 124 valence electrons. The number of unbranched alkanes of at least 4 members (excludes halogenated alkanes) is 7. The highest BCUT2D eigenvalue weighted by molar-refractivity contribution is 5.70. The van der Waals surface area contributed by atoms with E-state index in [-0.39, 0.29) is 17.9 Å². The molecule has 1 saturated carbocycles. The zero-order chi connectivity index (χ0) is 15.5. The van der Waals surface area contributed by atoms with Crippen LogP contribution in [0.4, 0.5) is 0 Å². The number of aliphatic carboxylic acids is 1. The second kappa shape index (κ2) is 11.1. The van der Waals surface area contributed by atoms with E-state index in [1.165, 1.54) is 44.9 Å². The SMILES string of the molecule is CCCCCCCCCCC(O)CC1CCCC1C(=O)O. The molecule has 0 aliphatic heterocycles. The maximum Gasteiger partial charge on any atom is 0.306 e. The minimum absolute atomic E-state index is 0.201. The lowest BCUT2D eigenvalue weighted by atomic mass is 9.89. The molecule has 0 bridgehead atoms. The minimum Gasteiger partial charge on any atom is -0.481 e. The van der Waals surface area contributed by atoms with Gasteiger partial charge in [0.1, 0.15) is 0 Å². The summed E-state index contributed by atoms with van der Waals surface area (Å²) in [5.74, 6) is -0.679. The molecule has 0 aromatic rings. The molecule has 2 N–H and O–H groups in total. The van der Waals surface area contributed by atoms with E-state index in [1.54, 1.807) is 0 Å². The van der Waals surface area contributed by atoms with Crippen LogP contribution in [-0.2, 0) is 4.79 Å². The largest absolute Gasteiger partial charge is 0.481 e. The van der Waals surface area contributed by atoms with Crippen molar-refractivity contribution in [3.63, 3.8) is 0 Å². The topological polar surface area (TPSA) is 57.5 Å². The lowest BCUT2D eigenvalue weighted by Crippen LogP contribution is -2.22. The molecule has 3 atom stereocenters. The van der Waals surface area contributed by atoms with Gasteiger partial charge in [0, 0.05) is 0 Å². The third-order valence-electron chi connectivity index (χ3n) is 4.94. The van der Waals surface area contributed by atoms with Crippen molar-refractivity contribution in [3.8, 4) is 0 Å². The standard InChI is InChI=1S/C18H34O3/c1-2-3-4-5-6-7-8-9-12-16(19)14-15-11-10-13-17(15)18(20)21/h15-17,19H,2-14H2,1H3,(H,20,21). The van der Waals surface area contributed by atoms with Gasteiger partial charge >= 0.3 is 5.97 Å². The highest BCUT2D eigenvalue weighted by atomic mass is 16.4. The van der Waals surface area contributed by atoms with Gasteiger partial charge in [-0.3, -0.25) is 4.79 Å². The third kappa shape index (κ3) is 7.85. The third-order valence-corrected chi connectivity index (χ3v) is 4.94. The van der Waals surface area contributed by atoms with Crippen LogP contribution in [0.1, 0.15) is 90.4 Å². The van der Waals surface area contributed by atoms with Crippen LogP contribution >= 0.6 is 0 Å². The number of rotatable bonds is 12. The molecule has 0 heterocycles. The Kier molecular flexibility index (Phi) is 9.73. The average Bonchev–Trinajstić information content (AvgIpc) is 2.90. The number of hydrogen-bond donors (Lipinski definition) is 2. The van der Waals surface area contributed by atoms with Gasteiger partial charge in [-0.25, -0.2) is 0 Å². The summed E-state index contributed by atoms with van der Waals surface area (Å²) in [6, 6.07) is 0. The smallest absolute Gasteiger partial charge is 0.306 e. The summed E-state index contributed by atoms with van der Waals surface area (Å²) in [6.07, 6.45) is 14.3. The fourth-order valence-corrected chi connectivity index (χ4v) is 3.63. The van der Waals surface area contributed by atoms with Crippen molar-refractivity contribution < 1.29 is 15.0 Å². The van der Waals surface area contributed by atoms with E-state index < -0.39 is 5.97 Å². The van der Waals surface area contributed by atoms with Crippen molar-refractivity contribution in [2.75, 3.05) is 0 Å². The number of carbonyl (C=O) groups is 1. The molecule has 3 unspecified atom stereocenters. The van der Waals surface area contributed by atoms with Crippen LogP contribution in [0.15, 0.2) is 0 Å². The molecule has 3 nitrogen and oxygen atoms in total. The fourth-order valence-electron chi connectivity index (χ4n) is 3.63. The number of carboxylic acid groups (broad SMARTS) is 1. The van der Waals surface area contributed by atoms with E-state index >= 15 is 0 Å². The summed E-state index contributed by atoms with van der Waals surface area (Å²) >= 11 is 0. The van der Waals surface area contributed by atoms with Crippen molar-refractivity contribution in [2.45, 2.75) is 96.5 Å². The second-order valence-electron chi connectivity index (χ2n) is 6.79.